The van der Waals surface area contributed by atoms with Gasteiger partial charge in [-0.15, -0.1) is 0 Å². The van der Waals surface area contributed by atoms with Gasteiger partial charge in [-0.3, -0.25) is 10.4 Å². The molecule has 104 valence electrons. The lowest BCUT2D eigenvalue weighted by Gasteiger charge is -2.40. The predicted octanol–water partition coefficient (Wildman–Crippen LogP) is 3.27. The van der Waals surface area contributed by atoms with Gasteiger partial charge in [-0.25, -0.2) is 5.01 Å². The number of hydrogen-bond donors (Lipinski definition) is 1. The van der Waals surface area contributed by atoms with Crippen LogP contribution in [0, 0.1) is 5.92 Å². The summed E-state index contributed by atoms with van der Waals surface area (Å²) in [5.74, 6) is 1.85. The van der Waals surface area contributed by atoms with Gasteiger partial charge >= 0.3 is 0 Å². The van der Waals surface area contributed by atoms with Crippen molar-refractivity contribution in [1.82, 2.24) is 10.4 Å². The molecule has 0 aromatic rings. The Kier molecular flexibility index (Phi) is 4.96. The smallest absolute Gasteiger partial charge is 0.171 e. The number of rotatable bonds is 2. The molecule has 3 atom stereocenters. The molecule has 4 heteroatoms. The summed E-state index contributed by atoms with van der Waals surface area (Å²) in [6.45, 7) is 9.18. The van der Waals surface area contributed by atoms with Crippen molar-refractivity contribution >= 4 is 16.9 Å². The van der Waals surface area contributed by atoms with Gasteiger partial charge < -0.3 is 0 Å². The van der Waals surface area contributed by atoms with Crippen molar-refractivity contribution in [2.75, 3.05) is 5.75 Å². The van der Waals surface area contributed by atoms with Gasteiger partial charge in [-0.2, -0.15) is 0 Å². The van der Waals surface area contributed by atoms with E-state index >= 15 is 0 Å². The van der Waals surface area contributed by atoms with E-state index in [9.17, 15) is 0 Å². The minimum Gasteiger partial charge on any atom is -0.297 e. The van der Waals surface area contributed by atoms with Gasteiger partial charge in [0.1, 0.15) is 0 Å². The predicted molar refractivity (Wildman–Crippen MR) is 80.9 cm³/mol. The van der Waals surface area contributed by atoms with Gasteiger partial charge in [0.05, 0.1) is 6.04 Å². The van der Waals surface area contributed by atoms with E-state index in [1.807, 2.05) is 11.8 Å². The number of nitrogens with one attached hydrogen (secondary N) is 1. The average molecular weight is 269 g/mol. The van der Waals surface area contributed by atoms with Crippen LogP contribution in [0.1, 0.15) is 53.4 Å². The maximum Gasteiger partial charge on any atom is 0.171 e. The van der Waals surface area contributed by atoms with Gasteiger partial charge in [0.25, 0.3) is 0 Å². The molecule has 1 N–H and O–H groups in total. The number of piperidine rings is 1. The molecule has 3 nitrogen and oxygen atoms in total. The van der Waals surface area contributed by atoms with Crippen molar-refractivity contribution in [1.29, 1.82) is 0 Å². The standard InChI is InChI=1S/C14H27N3S/c1-10(2)13-8-9-18-14(15-13)16-17-11(3)6-5-7-12(17)4/h10-13H,5-9H2,1-4H3,(H,15,16). The molecule has 1 fully saturated rings. The van der Waals surface area contributed by atoms with Crippen molar-refractivity contribution in [3.05, 3.63) is 0 Å². The minimum absolute atomic E-state index is 0.504. The van der Waals surface area contributed by atoms with Gasteiger partial charge in [-0.1, -0.05) is 32.0 Å². The van der Waals surface area contributed by atoms with E-state index in [1.54, 1.807) is 0 Å². The Bertz CT molecular complexity index is 293. The molecule has 0 amide bonds. The van der Waals surface area contributed by atoms with Crippen LogP contribution in [-0.4, -0.2) is 34.1 Å². The summed E-state index contributed by atoms with van der Waals surface area (Å²) in [5, 5.41) is 3.55. The molecule has 3 unspecified atom stereocenters. The molecule has 0 bridgehead atoms. The highest BCUT2D eigenvalue weighted by atomic mass is 32.2. The van der Waals surface area contributed by atoms with Gasteiger partial charge in [0.15, 0.2) is 5.17 Å². The van der Waals surface area contributed by atoms with Gasteiger partial charge in [0, 0.05) is 17.8 Å². The van der Waals surface area contributed by atoms with E-state index < -0.39 is 0 Å². The zero-order valence-electron chi connectivity index (χ0n) is 12.1. The maximum absolute atomic E-state index is 4.87. The minimum atomic E-state index is 0.504. The molecule has 0 saturated carbocycles. The van der Waals surface area contributed by atoms with E-state index in [4.69, 9.17) is 4.99 Å². The fourth-order valence-corrected chi connectivity index (χ4v) is 3.76. The summed E-state index contributed by atoms with van der Waals surface area (Å²) < 4.78 is 0. The average Bonchev–Trinajstić information content (AvgIpc) is 2.34. The second-order valence-corrected chi connectivity index (χ2v) is 7.11. The highest BCUT2D eigenvalue weighted by Gasteiger charge is 2.27. The Morgan fingerprint density at radius 3 is 2.50 bits per heavy atom. The number of amidine groups is 1. The number of thioether (sulfide) groups is 1. The van der Waals surface area contributed by atoms with Crippen molar-refractivity contribution in [2.24, 2.45) is 10.9 Å². The van der Waals surface area contributed by atoms with E-state index in [1.165, 1.54) is 31.4 Å². The summed E-state index contributed by atoms with van der Waals surface area (Å²) in [6, 6.07) is 1.75. The maximum atomic E-state index is 4.87. The van der Waals surface area contributed by atoms with Gasteiger partial charge in [-0.05, 0) is 39.0 Å². The van der Waals surface area contributed by atoms with E-state index in [0.717, 1.165) is 5.17 Å². The number of hydrogen-bond acceptors (Lipinski definition) is 4. The number of hydrazine groups is 1. The molecule has 2 aliphatic heterocycles. The third kappa shape index (κ3) is 3.41. The van der Waals surface area contributed by atoms with Crippen LogP contribution in [-0.2, 0) is 0 Å². The molecule has 0 radical (unpaired) electrons. The van der Waals surface area contributed by atoms with E-state index in [0.29, 0.717) is 24.0 Å². The van der Waals surface area contributed by atoms with E-state index in [-0.39, 0.29) is 0 Å². The SMILES string of the molecule is CC(C)C1CCSC(NN2C(C)CCCC2C)=N1. The molecule has 0 aromatic heterocycles. The number of aliphatic imine (C=N–C) groups is 1. The zero-order valence-corrected chi connectivity index (χ0v) is 13.0. The Morgan fingerprint density at radius 1 is 1.22 bits per heavy atom. The highest BCUT2D eigenvalue weighted by Crippen LogP contribution is 2.24. The van der Waals surface area contributed by atoms with Crippen LogP contribution in [0.3, 0.4) is 0 Å². The lowest BCUT2D eigenvalue weighted by atomic mass is 10.00. The van der Waals surface area contributed by atoms with Crippen LogP contribution in [0.2, 0.25) is 0 Å². The Labute approximate surface area is 116 Å². The zero-order chi connectivity index (χ0) is 13.1. The monoisotopic (exact) mass is 269 g/mol. The van der Waals surface area contributed by atoms with Crippen LogP contribution in [0.5, 0.6) is 0 Å². The van der Waals surface area contributed by atoms with Crippen molar-refractivity contribution in [3.8, 4) is 0 Å². The summed E-state index contributed by atoms with van der Waals surface area (Å²) >= 11 is 1.88. The first-order valence-electron chi connectivity index (χ1n) is 7.33. The van der Waals surface area contributed by atoms with Crippen LogP contribution in [0.15, 0.2) is 4.99 Å². The van der Waals surface area contributed by atoms with Crippen LogP contribution < -0.4 is 5.43 Å². The Morgan fingerprint density at radius 2 is 1.89 bits per heavy atom. The summed E-state index contributed by atoms with van der Waals surface area (Å²) in [7, 11) is 0. The second-order valence-electron chi connectivity index (χ2n) is 6.03. The molecule has 0 spiro atoms. The first-order valence-corrected chi connectivity index (χ1v) is 8.32. The quantitative estimate of drug-likeness (QED) is 0.834. The molecule has 2 rings (SSSR count). The Balaban J connectivity index is 1.99. The topological polar surface area (TPSA) is 27.6 Å². The molecule has 0 aromatic carbocycles. The molecule has 0 aliphatic carbocycles. The molecule has 18 heavy (non-hydrogen) atoms. The normalized spacial score (nSPS) is 34.5. The largest absolute Gasteiger partial charge is 0.297 e. The van der Waals surface area contributed by atoms with Crippen molar-refractivity contribution in [3.63, 3.8) is 0 Å². The lowest BCUT2D eigenvalue weighted by molar-refractivity contribution is 0.0750. The van der Waals surface area contributed by atoms with Crippen molar-refractivity contribution in [2.45, 2.75) is 71.5 Å². The fraction of sp³-hybridized carbons (Fsp3) is 0.929. The molecule has 1 saturated heterocycles. The summed E-state index contributed by atoms with van der Waals surface area (Å²) in [6.07, 6.45) is 5.17. The third-order valence-corrected chi connectivity index (χ3v) is 5.03. The van der Waals surface area contributed by atoms with Crippen LogP contribution in [0.4, 0.5) is 0 Å². The first-order chi connectivity index (χ1) is 8.58. The van der Waals surface area contributed by atoms with Crippen LogP contribution in [0.25, 0.3) is 0 Å². The van der Waals surface area contributed by atoms with Gasteiger partial charge in [0.2, 0.25) is 0 Å². The first kappa shape index (κ1) is 14.2. The third-order valence-electron chi connectivity index (χ3n) is 4.12. The molecular weight excluding hydrogens is 242 g/mol. The summed E-state index contributed by atoms with van der Waals surface area (Å²) in [5.41, 5.74) is 3.59. The highest BCUT2D eigenvalue weighted by molar-refractivity contribution is 8.13. The lowest BCUT2D eigenvalue weighted by Crippen LogP contribution is -2.54. The van der Waals surface area contributed by atoms with Crippen LogP contribution >= 0.6 is 11.8 Å². The Hall–Kier alpha value is -0.220. The van der Waals surface area contributed by atoms with Crippen molar-refractivity contribution < 1.29 is 0 Å². The second kappa shape index (κ2) is 6.29. The molecule has 2 aliphatic rings. The fourth-order valence-electron chi connectivity index (χ4n) is 2.82. The molecule has 2 heterocycles. The molecular formula is C14H27N3S. The summed E-state index contributed by atoms with van der Waals surface area (Å²) in [4.78, 5) is 4.87. The van der Waals surface area contributed by atoms with E-state index in [2.05, 4.69) is 38.1 Å². The number of nitrogens with zero attached hydrogens (tertiary/aromatic N) is 2.